The molecule has 1 saturated heterocycles. The van der Waals surface area contributed by atoms with Crippen molar-refractivity contribution < 1.29 is 14.3 Å². The van der Waals surface area contributed by atoms with Gasteiger partial charge in [0, 0.05) is 46.3 Å². The summed E-state index contributed by atoms with van der Waals surface area (Å²) in [5.41, 5.74) is 1.07. The minimum Gasteiger partial charge on any atom is -0.492 e. The summed E-state index contributed by atoms with van der Waals surface area (Å²) in [5.74, 6) is 1.69. The van der Waals surface area contributed by atoms with Gasteiger partial charge < -0.3 is 24.6 Å². The Hall–Kier alpha value is -2.32. The molecule has 1 heterocycles. The van der Waals surface area contributed by atoms with Crippen LogP contribution in [0.3, 0.4) is 0 Å². The summed E-state index contributed by atoms with van der Waals surface area (Å²) in [7, 11) is 1.90. The third-order valence-corrected chi connectivity index (χ3v) is 5.27. The number of aliphatic imine (C=N–C) groups is 1. The van der Waals surface area contributed by atoms with Crippen LogP contribution in [-0.2, 0) is 16.1 Å². The van der Waals surface area contributed by atoms with Gasteiger partial charge in [-0.15, -0.1) is 0 Å². The first-order valence-electron chi connectivity index (χ1n) is 11.4. The third kappa shape index (κ3) is 8.75. The van der Waals surface area contributed by atoms with Gasteiger partial charge in [0.25, 0.3) is 0 Å². The Morgan fingerprint density at radius 3 is 2.65 bits per heavy atom. The predicted molar refractivity (Wildman–Crippen MR) is 125 cm³/mol. The third-order valence-electron chi connectivity index (χ3n) is 5.27. The number of benzene rings is 1. The van der Waals surface area contributed by atoms with Crippen LogP contribution >= 0.6 is 0 Å². The van der Waals surface area contributed by atoms with Gasteiger partial charge in [0.2, 0.25) is 5.91 Å². The van der Waals surface area contributed by atoms with Crippen molar-refractivity contribution in [1.82, 2.24) is 20.0 Å². The average Bonchev–Trinajstić information content (AvgIpc) is 2.78. The van der Waals surface area contributed by atoms with E-state index in [9.17, 15) is 4.79 Å². The number of nitrogens with one attached hydrogen (secondary N) is 1. The first-order valence-corrected chi connectivity index (χ1v) is 11.4. The van der Waals surface area contributed by atoms with Crippen LogP contribution in [0.4, 0.5) is 0 Å². The van der Waals surface area contributed by atoms with Crippen LogP contribution in [0.5, 0.6) is 5.75 Å². The molecule has 0 atom stereocenters. The Kier molecular flexibility index (Phi) is 11.2. The van der Waals surface area contributed by atoms with Crippen LogP contribution in [0.25, 0.3) is 0 Å². The number of carbonyl (C=O) groups is 1. The Morgan fingerprint density at radius 2 is 1.97 bits per heavy atom. The number of carbonyl (C=O) groups excluding carboxylic acids is 1. The minimum absolute atomic E-state index is 0.105. The molecule has 2 rings (SSSR count). The fourth-order valence-corrected chi connectivity index (χ4v) is 3.44. The van der Waals surface area contributed by atoms with Gasteiger partial charge in [0.05, 0.1) is 26.3 Å². The van der Waals surface area contributed by atoms with Gasteiger partial charge in [0.1, 0.15) is 12.4 Å². The van der Waals surface area contributed by atoms with Crippen LogP contribution in [0, 0.1) is 0 Å². The highest BCUT2D eigenvalue weighted by molar-refractivity contribution is 5.86. The zero-order valence-corrected chi connectivity index (χ0v) is 19.6. The maximum Gasteiger partial charge on any atom is 0.242 e. The van der Waals surface area contributed by atoms with Crippen LogP contribution in [0.15, 0.2) is 29.3 Å². The number of hydrogen-bond donors (Lipinski definition) is 1. The molecule has 1 aliphatic heterocycles. The van der Waals surface area contributed by atoms with Crippen molar-refractivity contribution in [2.45, 2.75) is 27.3 Å². The first kappa shape index (κ1) is 24.9. The van der Waals surface area contributed by atoms with E-state index in [0.29, 0.717) is 19.7 Å². The highest BCUT2D eigenvalue weighted by Gasteiger charge is 2.15. The molecule has 31 heavy (non-hydrogen) atoms. The molecule has 1 N–H and O–H groups in total. The van der Waals surface area contributed by atoms with Crippen LogP contribution < -0.4 is 10.1 Å². The monoisotopic (exact) mass is 433 g/mol. The largest absolute Gasteiger partial charge is 0.492 e. The molecule has 0 saturated carbocycles. The van der Waals surface area contributed by atoms with E-state index in [0.717, 1.165) is 69.8 Å². The SMILES string of the molecule is CCNC(=NCc1cccc(OCCN2CCOCC2)c1)N(C)CC(=O)N(CC)CC. The second-order valence-corrected chi connectivity index (χ2v) is 7.54. The first-order chi connectivity index (χ1) is 15.1. The number of ether oxygens (including phenoxy) is 2. The molecule has 1 aromatic carbocycles. The maximum absolute atomic E-state index is 12.4. The molecule has 1 aromatic rings. The van der Waals surface area contributed by atoms with E-state index in [1.54, 1.807) is 0 Å². The molecule has 0 radical (unpaired) electrons. The Balaban J connectivity index is 1.90. The summed E-state index contributed by atoms with van der Waals surface area (Å²) in [6.07, 6.45) is 0. The Bertz CT molecular complexity index is 688. The molecule has 0 aliphatic carbocycles. The van der Waals surface area contributed by atoms with E-state index in [2.05, 4.69) is 10.2 Å². The van der Waals surface area contributed by atoms with Gasteiger partial charge in [-0.2, -0.15) is 0 Å². The fraction of sp³-hybridized carbons (Fsp3) is 0.652. The number of nitrogens with zero attached hydrogens (tertiary/aromatic N) is 4. The molecular weight excluding hydrogens is 394 g/mol. The Labute approximate surface area is 187 Å². The quantitative estimate of drug-likeness (QED) is 0.423. The van der Waals surface area contributed by atoms with E-state index in [4.69, 9.17) is 14.5 Å². The highest BCUT2D eigenvalue weighted by atomic mass is 16.5. The molecule has 8 nitrogen and oxygen atoms in total. The molecular formula is C23H39N5O3. The fourth-order valence-electron chi connectivity index (χ4n) is 3.44. The van der Waals surface area contributed by atoms with Crippen molar-refractivity contribution in [2.75, 3.05) is 72.7 Å². The zero-order chi connectivity index (χ0) is 22.5. The average molecular weight is 434 g/mol. The maximum atomic E-state index is 12.4. The molecule has 0 spiro atoms. The van der Waals surface area contributed by atoms with Crippen molar-refractivity contribution in [3.8, 4) is 5.75 Å². The zero-order valence-electron chi connectivity index (χ0n) is 19.6. The predicted octanol–water partition coefficient (Wildman–Crippen LogP) is 1.66. The van der Waals surface area contributed by atoms with Crippen LogP contribution in [0.1, 0.15) is 26.3 Å². The van der Waals surface area contributed by atoms with Crippen molar-refractivity contribution in [2.24, 2.45) is 4.99 Å². The van der Waals surface area contributed by atoms with Gasteiger partial charge in [-0.25, -0.2) is 4.99 Å². The normalized spacial score (nSPS) is 14.9. The van der Waals surface area contributed by atoms with Gasteiger partial charge in [-0.3, -0.25) is 9.69 Å². The van der Waals surface area contributed by atoms with E-state index in [1.807, 2.05) is 61.9 Å². The van der Waals surface area contributed by atoms with E-state index in [-0.39, 0.29) is 5.91 Å². The van der Waals surface area contributed by atoms with Gasteiger partial charge in [-0.1, -0.05) is 12.1 Å². The lowest BCUT2D eigenvalue weighted by molar-refractivity contribution is -0.131. The summed E-state index contributed by atoms with van der Waals surface area (Å²) in [5, 5.41) is 3.28. The molecule has 1 fully saturated rings. The van der Waals surface area contributed by atoms with Gasteiger partial charge >= 0.3 is 0 Å². The smallest absolute Gasteiger partial charge is 0.242 e. The number of likely N-dealkylation sites (N-methyl/N-ethyl adjacent to an activating group) is 2. The molecule has 0 bridgehead atoms. The number of amides is 1. The van der Waals surface area contributed by atoms with Crippen LogP contribution in [-0.4, -0.2) is 99.2 Å². The van der Waals surface area contributed by atoms with E-state index < -0.39 is 0 Å². The number of hydrogen-bond acceptors (Lipinski definition) is 5. The van der Waals surface area contributed by atoms with Crippen LogP contribution in [0.2, 0.25) is 0 Å². The van der Waals surface area contributed by atoms with Crippen molar-refractivity contribution in [3.63, 3.8) is 0 Å². The lowest BCUT2D eigenvalue weighted by atomic mass is 10.2. The molecule has 174 valence electrons. The molecule has 8 heteroatoms. The molecule has 1 amide bonds. The van der Waals surface area contributed by atoms with E-state index in [1.165, 1.54) is 0 Å². The number of guanidine groups is 1. The second-order valence-electron chi connectivity index (χ2n) is 7.54. The minimum atomic E-state index is 0.105. The van der Waals surface area contributed by atoms with E-state index >= 15 is 0 Å². The van der Waals surface area contributed by atoms with Gasteiger partial charge in [0.15, 0.2) is 5.96 Å². The molecule has 0 aromatic heterocycles. The lowest BCUT2D eigenvalue weighted by Gasteiger charge is -2.26. The Morgan fingerprint density at radius 1 is 1.23 bits per heavy atom. The summed E-state index contributed by atoms with van der Waals surface area (Å²) in [6, 6.07) is 8.05. The van der Waals surface area contributed by atoms with Crippen molar-refractivity contribution >= 4 is 11.9 Å². The van der Waals surface area contributed by atoms with Crippen molar-refractivity contribution in [1.29, 1.82) is 0 Å². The summed E-state index contributed by atoms with van der Waals surface area (Å²) >= 11 is 0. The summed E-state index contributed by atoms with van der Waals surface area (Å²) in [4.78, 5) is 23.2. The standard InChI is InChI=1S/C23H39N5O3/c1-5-24-23(26(4)19-22(29)28(6-2)7-3)25-18-20-9-8-10-21(17-20)31-16-13-27-11-14-30-15-12-27/h8-10,17H,5-7,11-16,18-19H2,1-4H3,(H,24,25). The molecule has 1 aliphatic rings. The number of morpholine rings is 1. The highest BCUT2D eigenvalue weighted by Crippen LogP contribution is 2.14. The molecule has 0 unspecified atom stereocenters. The second kappa shape index (κ2) is 13.9. The lowest BCUT2D eigenvalue weighted by Crippen LogP contribution is -2.45. The van der Waals surface area contributed by atoms with Gasteiger partial charge in [-0.05, 0) is 38.5 Å². The van der Waals surface area contributed by atoms with Crippen molar-refractivity contribution in [3.05, 3.63) is 29.8 Å². The topological polar surface area (TPSA) is 69.6 Å². The summed E-state index contributed by atoms with van der Waals surface area (Å²) in [6.45, 7) is 14.1. The number of rotatable bonds is 11. The summed E-state index contributed by atoms with van der Waals surface area (Å²) < 4.78 is 11.3.